The molecule has 2 fully saturated rings. The van der Waals surface area contributed by atoms with Crippen molar-refractivity contribution in [2.75, 3.05) is 6.54 Å². The van der Waals surface area contributed by atoms with E-state index in [0.717, 1.165) is 18.7 Å². The maximum atomic E-state index is 12.6. The van der Waals surface area contributed by atoms with E-state index >= 15 is 0 Å². The summed E-state index contributed by atoms with van der Waals surface area (Å²) >= 11 is 0. The summed E-state index contributed by atoms with van der Waals surface area (Å²) in [5.41, 5.74) is 0.589. The Kier molecular flexibility index (Phi) is 3.95. The van der Waals surface area contributed by atoms with E-state index in [1.54, 1.807) is 12.1 Å². The predicted octanol–water partition coefficient (Wildman–Crippen LogP) is 1.68. The van der Waals surface area contributed by atoms with Gasteiger partial charge < -0.3 is 9.26 Å². The largest absolute Gasteiger partial charge is 0.364 e. The Morgan fingerprint density at radius 3 is 2.85 bits per heavy atom. The molecule has 0 unspecified atom stereocenters. The Morgan fingerprint density at radius 2 is 2.00 bits per heavy atom. The van der Waals surface area contributed by atoms with E-state index in [9.17, 15) is 8.42 Å². The van der Waals surface area contributed by atoms with Crippen LogP contribution in [0.25, 0.3) is 11.0 Å². The van der Waals surface area contributed by atoms with Gasteiger partial charge in [-0.1, -0.05) is 11.2 Å². The van der Waals surface area contributed by atoms with Crippen molar-refractivity contribution in [1.29, 1.82) is 0 Å². The molecule has 1 aliphatic heterocycles. The Labute approximate surface area is 154 Å². The second kappa shape index (κ2) is 6.36. The molecule has 2 aromatic heterocycles. The quantitative estimate of drug-likeness (QED) is 0.666. The van der Waals surface area contributed by atoms with Gasteiger partial charge in [0.05, 0.1) is 6.10 Å². The highest BCUT2D eigenvalue weighted by atomic mass is 32.2. The molecular formula is C16H17N5O5S. The molecule has 1 aromatic carbocycles. The van der Waals surface area contributed by atoms with Crippen LogP contribution in [0.1, 0.15) is 49.4 Å². The number of fused-ring (bicyclic) bond motifs is 1. The van der Waals surface area contributed by atoms with E-state index in [0.29, 0.717) is 30.2 Å². The maximum Gasteiger partial charge on any atom is 0.255 e. The molecule has 1 aliphatic carbocycles. The first kappa shape index (κ1) is 16.8. The van der Waals surface area contributed by atoms with Gasteiger partial charge in [-0.05, 0) is 48.1 Å². The fourth-order valence-corrected chi connectivity index (χ4v) is 4.42. The third-order valence-electron chi connectivity index (χ3n) is 4.82. The van der Waals surface area contributed by atoms with Crippen LogP contribution in [0.3, 0.4) is 0 Å². The van der Waals surface area contributed by atoms with Gasteiger partial charge in [0.15, 0.2) is 11.3 Å². The van der Waals surface area contributed by atoms with Crippen molar-refractivity contribution in [2.45, 2.75) is 48.7 Å². The molecule has 10 nitrogen and oxygen atoms in total. The van der Waals surface area contributed by atoms with Crippen molar-refractivity contribution in [3.8, 4) is 0 Å². The average molecular weight is 391 g/mol. The third-order valence-corrected chi connectivity index (χ3v) is 6.28. The number of nitrogens with one attached hydrogen (secondary N) is 1. The molecule has 11 heteroatoms. The minimum Gasteiger partial charge on any atom is -0.364 e. The molecule has 3 aromatic rings. The van der Waals surface area contributed by atoms with Crippen molar-refractivity contribution in [3.05, 3.63) is 29.9 Å². The van der Waals surface area contributed by atoms with Gasteiger partial charge in [-0.2, -0.15) is 4.98 Å². The summed E-state index contributed by atoms with van der Waals surface area (Å²) in [6.45, 7) is 0.143. The Bertz CT molecular complexity index is 1070. The van der Waals surface area contributed by atoms with Crippen LogP contribution in [-0.4, -0.2) is 41.5 Å². The van der Waals surface area contributed by atoms with Gasteiger partial charge >= 0.3 is 0 Å². The Hall–Kier alpha value is -2.37. The fourth-order valence-electron chi connectivity index (χ4n) is 3.20. The Balaban J connectivity index is 1.24. The zero-order valence-electron chi connectivity index (χ0n) is 14.2. The number of sulfonamides is 1. The highest BCUT2D eigenvalue weighted by molar-refractivity contribution is 7.89. The lowest BCUT2D eigenvalue weighted by atomic mass is 10.2. The molecule has 0 bridgehead atoms. The van der Waals surface area contributed by atoms with E-state index in [1.807, 2.05) is 0 Å². The molecule has 5 rings (SSSR count). The van der Waals surface area contributed by atoms with E-state index < -0.39 is 10.0 Å². The topological polar surface area (TPSA) is 133 Å². The monoisotopic (exact) mass is 391 g/mol. The van der Waals surface area contributed by atoms with Gasteiger partial charge in [0.2, 0.25) is 10.0 Å². The highest BCUT2D eigenvalue weighted by Gasteiger charge is 2.34. The van der Waals surface area contributed by atoms with Gasteiger partial charge in [0.25, 0.3) is 5.89 Å². The molecule has 2 aliphatic rings. The first-order valence-corrected chi connectivity index (χ1v) is 10.3. The van der Waals surface area contributed by atoms with Crippen LogP contribution in [0.2, 0.25) is 0 Å². The lowest BCUT2D eigenvalue weighted by Crippen LogP contribution is -2.32. The number of hydrogen-bond donors (Lipinski definition) is 1. The van der Waals surface area contributed by atoms with Gasteiger partial charge in [0, 0.05) is 12.5 Å². The molecule has 0 radical (unpaired) electrons. The first-order valence-electron chi connectivity index (χ1n) is 8.80. The van der Waals surface area contributed by atoms with E-state index in [2.05, 4.69) is 29.8 Å². The second-order valence-corrected chi connectivity index (χ2v) is 8.56. The first-order chi connectivity index (χ1) is 13.1. The number of aromatic nitrogens is 4. The van der Waals surface area contributed by atoms with Gasteiger partial charge in [0.1, 0.15) is 16.5 Å². The predicted molar refractivity (Wildman–Crippen MR) is 90.1 cm³/mol. The lowest BCUT2D eigenvalue weighted by Gasteiger charge is -2.13. The molecular weight excluding hydrogens is 374 g/mol. The van der Waals surface area contributed by atoms with Gasteiger partial charge in [-0.25, -0.2) is 17.8 Å². The Morgan fingerprint density at radius 1 is 1.11 bits per heavy atom. The van der Waals surface area contributed by atoms with Crippen LogP contribution in [0.5, 0.6) is 0 Å². The number of ether oxygens (including phenoxy) is 1. The van der Waals surface area contributed by atoms with E-state index in [1.165, 1.54) is 6.07 Å². The fraction of sp³-hybridized carbons (Fsp3) is 0.500. The smallest absolute Gasteiger partial charge is 0.255 e. The lowest BCUT2D eigenvalue weighted by molar-refractivity contribution is 0.0290. The van der Waals surface area contributed by atoms with Crippen LogP contribution in [0.15, 0.2) is 32.2 Å². The molecule has 2 atom stereocenters. The average Bonchev–Trinajstić information content (AvgIpc) is 3.08. The minimum absolute atomic E-state index is 0.0294. The zero-order chi connectivity index (χ0) is 18.4. The second-order valence-electron chi connectivity index (χ2n) is 6.83. The molecule has 1 N–H and O–H groups in total. The van der Waals surface area contributed by atoms with Crippen LogP contribution in [-0.2, 0) is 14.8 Å². The molecule has 1 saturated heterocycles. The summed E-state index contributed by atoms with van der Waals surface area (Å²) in [5.74, 6) is 1.63. The van der Waals surface area contributed by atoms with E-state index in [-0.39, 0.29) is 29.2 Å². The summed E-state index contributed by atoms with van der Waals surface area (Å²) in [6.07, 6.45) is 3.05. The summed E-state index contributed by atoms with van der Waals surface area (Å²) in [6, 6.07) is 4.69. The van der Waals surface area contributed by atoms with Gasteiger partial charge in [-0.3, -0.25) is 0 Å². The van der Waals surface area contributed by atoms with Crippen LogP contribution in [0, 0.1) is 0 Å². The minimum atomic E-state index is -3.77. The summed E-state index contributed by atoms with van der Waals surface area (Å²) in [5, 5.41) is 11.3. The van der Waals surface area contributed by atoms with Crippen molar-refractivity contribution >= 4 is 21.1 Å². The zero-order valence-corrected chi connectivity index (χ0v) is 15.1. The highest BCUT2D eigenvalue weighted by Crippen LogP contribution is 2.39. The summed E-state index contributed by atoms with van der Waals surface area (Å²) < 4.78 is 43.6. The number of benzene rings is 1. The van der Waals surface area contributed by atoms with Crippen LogP contribution >= 0.6 is 0 Å². The molecule has 0 spiro atoms. The van der Waals surface area contributed by atoms with Crippen molar-refractivity contribution in [2.24, 2.45) is 0 Å². The van der Waals surface area contributed by atoms with Crippen LogP contribution in [0.4, 0.5) is 0 Å². The molecule has 142 valence electrons. The molecule has 3 heterocycles. The number of rotatable bonds is 6. The standard InChI is InChI=1S/C16H17N5O5S/c22-27(23,13-3-1-2-11-14(13)20-26-19-11)17-8-10-6-7-12(24-10)16-18-15(21-25-16)9-4-5-9/h1-3,9-10,12,17H,4-8H2/t10-,12+/m1/s1. The van der Waals surface area contributed by atoms with Crippen molar-refractivity contribution < 1.29 is 22.3 Å². The summed E-state index contributed by atoms with van der Waals surface area (Å²) in [4.78, 5) is 4.44. The summed E-state index contributed by atoms with van der Waals surface area (Å²) in [7, 11) is -3.77. The number of nitrogens with zero attached hydrogens (tertiary/aromatic N) is 4. The molecule has 1 saturated carbocycles. The molecule has 0 amide bonds. The molecule has 27 heavy (non-hydrogen) atoms. The van der Waals surface area contributed by atoms with E-state index in [4.69, 9.17) is 9.26 Å². The van der Waals surface area contributed by atoms with Crippen LogP contribution < -0.4 is 4.72 Å². The third kappa shape index (κ3) is 3.22. The number of hydrogen-bond acceptors (Lipinski definition) is 9. The maximum absolute atomic E-state index is 12.6. The van der Waals surface area contributed by atoms with Crippen molar-refractivity contribution in [1.82, 2.24) is 25.2 Å². The normalized spacial score (nSPS) is 23.3. The van der Waals surface area contributed by atoms with Crippen molar-refractivity contribution in [3.63, 3.8) is 0 Å². The SMILES string of the molecule is O=S(=O)(NC[C@H]1CC[C@@H](c2nc(C3CC3)no2)O1)c1cccc2nonc12. The van der Waals surface area contributed by atoms with Gasteiger partial charge in [-0.15, -0.1) is 0 Å².